The van der Waals surface area contributed by atoms with E-state index in [9.17, 15) is 22.0 Å². The van der Waals surface area contributed by atoms with Crippen LogP contribution in [0.15, 0.2) is 17.0 Å². The van der Waals surface area contributed by atoms with E-state index >= 15 is 0 Å². The zero-order valence-corrected chi connectivity index (χ0v) is 10.9. The monoisotopic (exact) mass is 293 g/mol. The van der Waals surface area contributed by atoms with Crippen molar-refractivity contribution in [1.82, 2.24) is 0 Å². The number of rotatable bonds is 5. The average Bonchev–Trinajstić information content (AvgIpc) is 2.27. The van der Waals surface area contributed by atoms with Crippen molar-refractivity contribution in [2.24, 2.45) is 5.73 Å². The van der Waals surface area contributed by atoms with Gasteiger partial charge in [0.25, 0.3) is 0 Å². The van der Waals surface area contributed by atoms with Crippen LogP contribution in [-0.4, -0.2) is 25.7 Å². The zero-order chi connectivity index (χ0) is 14.8. The highest BCUT2D eigenvalue weighted by Crippen LogP contribution is 2.25. The van der Waals surface area contributed by atoms with Crippen LogP contribution in [0.1, 0.15) is 24.4 Å². The van der Waals surface area contributed by atoms with E-state index in [2.05, 4.69) is 0 Å². The van der Waals surface area contributed by atoms with Crippen LogP contribution in [0.3, 0.4) is 0 Å². The van der Waals surface area contributed by atoms with Gasteiger partial charge in [-0.1, -0.05) is 0 Å². The summed E-state index contributed by atoms with van der Waals surface area (Å²) in [6.45, 7) is 0. The molecule has 0 radical (unpaired) electrons. The number of hydrogen-bond acceptors (Lipinski definition) is 4. The van der Waals surface area contributed by atoms with Gasteiger partial charge in [0.15, 0.2) is 9.84 Å². The molecular formula is C11H13F2NO4S. The molecule has 19 heavy (non-hydrogen) atoms. The van der Waals surface area contributed by atoms with Gasteiger partial charge in [-0.3, -0.25) is 4.79 Å². The van der Waals surface area contributed by atoms with Crippen molar-refractivity contribution in [3.63, 3.8) is 0 Å². The Morgan fingerprint density at radius 1 is 1.37 bits per heavy atom. The molecular weight excluding hydrogens is 280 g/mol. The largest absolute Gasteiger partial charge is 0.481 e. The van der Waals surface area contributed by atoms with Gasteiger partial charge in [-0.25, -0.2) is 17.2 Å². The molecule has 3 N–H and O–H groups in total. The van der Waals surface area contributed by atoms with Gasteiger partial charge in [-0.2, -0.15) is 0 Å². The second-order valence-corrected chi connectivity index (χ2v) is 6.10. The lowest BCUT2D eigenvalue weighted by molar-refractivity contribution is -0.137. The molecule has 0 heterocycles. The van der Waals surface area contributed by atoms with Crippen molar-refractivity contribution in [1.29, 1.82) is 0 Å². The van der Waals surface area contributed by atoms with Gasteiger partial charge >= 0.3 is 5.97 Å². The minimum atomic E-state index is -3.87. The third-order valence-corrected chi connectivity index (χ3v) is 3.63. The summed E-state index contributed by atoms with van der Waals surface area (Å²) < 4.78 is 49.6. The van der Waals surface area contributed by atoms with Gasteiger partial charge < -0.3 is 10.8 Å². The number of nitrogens with two attached hydrogens (primary N) is 1. The Hall–Kier alpha value is -1.54. The molecule has 0 spiro atoms. The van der Waals surface area contributed by atoms with Crippen molar-refractivity contribution < 1.29 is 27.1 Å². The second-order valence-electron chi connectivity index (χ2n) is 4.12. The molecule has 0 aliphatic rings. The van der Waals surface area contributed by atoms with Gasteiger partial charge in [0, 0.05) is 24.3 Å². The first-order valence-corrected chi connectivity index (χ1v) is 7.18. The molecule has 0 bridgehead atoms. The zero-order valence-electron chi connectivity index (χ0n) is 10.1. The SMILES string of the molecule is CS(=O)(=O)c1cc(F)c(C(N)CCC(=O)O)cc1F. The van der Waals surface area contributed by atoms with Crippen LogP contribution in [0.4, 0.5) is 8.78 Å². The molecule has 0 saturated carbocycles. The fraction of sp³-hybridized carbons (Fsp3) is 0.364. The molecule has 0 aliphatic heterocycles. The number of carboxylic acid groups (broad SMARTS) is 1. The molecule has 1 aromatic rings. The minimum Gasteiger partial charge on any atom is -0.481 e. The summed E-state index contributed by atoms with van der Waals surface area (Å²) in [5, 5.41) is 8.48. The van der Waals surface area contributed by atoms with Crippen LogP contribution in [0.25, 0.3) is 0 Å². The van der Waals surface area contributed by atoms with Gasteiger partial charge in [0.2, 0.25) is 0 Å². The summed E-state index contributed by atoms with van der Waals surface area (Å²) in [4.78, 5) is 9.62. The predicted octanol–water partition coefficient (Wildman–Crippen LogP) is 1.23. The fourth-order valence-electron chi connectivity index (χ4n) is 1.55. The molecule has 1 aromatic carbocycles. The summed E-state index contributed by atoms with van der Waals surface area (Å²) in [6, 6.07) is 0.234. The number of aliphatic carboxylic acids is 1. The summed E-state index contributed by atoms with van der Waals surface area (Å²) in [5.41, 5.74) is 5.31. The molecule has 1 unspecified atom stereocenters. The average molecular weight is 293 g/mol. The van der Waals surface area contributed by atoms with E-state index in [4.69, 9.17) is 10.8 Å². The normalized spacial score (nSPS) is 13.3. The summed E-state index contributed by atoms with van der Waals surface area (Å²) >= 11 is 0. The lowest BCUT2D eigenvalue weighted by Crippen LogP contribution is -2.15. The van der Waals surface area contributed by atoms with Crippen molar-refractivity contribution in [3.8, 4) is 0 Å². The molecule has 0 aromatic heterocycles. The molecule has 0 fully saturated rings. The Balaban J connectivity index is 3.12. The Morgan fingerprint density at radius 2 is 1.95 bits per heavy atom. The Bertz CT molecular complexity index is 601. The van der Waals surface area contributed by atoms with E-state index in [1.165, 1.54) is 0 Å². The maximum Gasteiger partial charge on any atom is 0.303 e. The number of benzene rings is 1. The summed E-state index contributed by atoms with van der Waals surface area (Å²) in [5.74, 6) is -3.19. The van der Waals surface area contributed by atoms with Crippen LogP contribution in [0.5, 0.6) is 0 Å². The molecule has 0 aliphatic carbocycles. The van der Waals surface area contributed by atoms with Crippen molar-refractivity contribution in [2.75, 3.05) is 6.26 Å². The first-order chi connectivity index (χ1) is 8.62. The number of hydrogen-bond donors (Lipinski definition) is 2. The number of carbonyl (C=O) groups is 1. The van der Waals surface area contributed by atoms with Gasteiger partial charge in [0.05, 0.1) is 0 Å². The highest BCUT2D eigenvalue weighted by Gasteiger charge is 2.20. The van der Waals surface area contributed by atoms with Gasteiger partial charge in [-0.05, 0) is 18.6 Å². The lowest BCUT2D eigenvalue weighted by Gasteiger charge is -2.13. The van der Waals surface area contributed by atoms with E-state index in [0.717, 1.165) is 6.26 Å². The third-order valence-electron chi connectivity index (χ3n) is 2.52. The highest BCUT2D eigenvalue weighted by atomic mass is 32.2. The van der Waals surface area contributed by atoms with Crippen molar-refractivity contribution >= 4 is 15.8 Å². The van der Waals surface area contributed by atoms with E-state index in [0.29, 0.717) is 12.1 Å². The maximum atomic E-state index is 13.7. The molecule has 1 atom stereocenters. The van der Waals surface area contributed by atoms with Gasteiger partial charge in [0.1, 0.15) is 16.5 Å². The van der Waals surface area contributed by atoms with E-state index < -0.39 is 38.4 Å². The van der Waals surface area contributed by atoms with Crippen molar-refractivity contribution in [2.45, 2.75) is 23.8 Å². The number of halogens is 2. The lowest BCUT2D eigenvalue weighted by atomic mass is 10.0. The Morgan fingerprint density at radius 3 is 2.42 bits per heavy atom. The standard InChI is InChI=1S/C11H13F2NO4S/c1-19(17,18)10-5-7(12)6(4-8(10)13)9(14)2-3-11(15)16/h4-5,9H,2-3,14H2,1H3,(H,15,16). The van der Waals surface area contributed by atoms with E-state index in [1.54, 1.807) is 0 Å². The summed E-state index contributed by atoms with van der Waals surface area (Å²) in [7, 11) is -3.87. The second kappa shape index (κ2) is 5.62. The van der Waals surface area contributed by atoms with Crippen LogP contribution < -0.4 is 5.73 Å². The van der Waals surface area contributed by atoms with Gasteiger partial charge in [-0.15, -0.1) is 0 Å². The third kappa shape index (κ3) is 3.97. The van der Waals surface area contributed by atoms with E-state index in [-0.39, 0.29) is 18.4 Å². The molecule has 0 amide bonds. The predicted molar refractivity (Wildman–Crippen MR) is 63.3 cm³/mol. The van der Waals surface area contributed by atoms with E-state index in [1.807, 2.05) is 0 Å². The minimum absolute atomic E-state index is 0.0794. The Kier molecular flexibility index (Phi) is 4.59. The quantitative estimate of drug-likeness (QED) is 0.851. The molecule has 106 valence electrons. The smallest absolute Gasteiger partial charge is 0.303 e. The molecule has 5 nitrogen and oxygen atoms in total. The highest BCUT2D eigenvalue weighted by molar-refractivity contribution is 7.90. The Labute approximate surface area is 109 Å². The first-order valence-electron chi connectivity index (χ1n) is 5.29. The van der Waals surface area contributed by atoms with Crippen LogP contribution in [0, 0.1) is 11.6 Å². The van der Waals surface area contributed by atoms with Crippen molar-refractivity contribution in [3.05, 3.63) is 29.3 Å². The fourth-order valence-corrected chi connectivity index (χ4v) is 2.28. The molecule has 1 rings (SSSR count). The molecule has 0 saturated heterocycles. The van der Waals surface area contributed by atoms with Crippen LogP contribution >= 0.6 is 0 Å². The first kappa shape index (κ1) is 15.5. The number of sulfone groups is 1. The van der Waals surface area contributed by atoms with Crippen LogP contribution in [0.2, 0.25) is 0 Å². The number of carboxylic acids is 1. The van der Waals surface area contributed by atoms with Crippen LogP contribution in [-0.2, 0) is 14.6 Å². The topological polar surface area (TPSA) is 97.5 Å². The maximum absolute atomic E-state index is 13.7. The summed E-state index contributed by atoms with van der Waals surface area (Å²) in [6.07, 6.45) is 0.384. The molecule has 8 heteroatoms.